The van der Waals surface area contributed by atoms with Crippen molar-refractivity contribution < 1.29 is 4.42 Å². The minimum absolute atomic E-state index is 0.0242. The zero-order chi connectivity index (χ0) is 50.2. The first-order valence-electron chi connectivity index (χ1n) is 26.1. The number of nitrogens with zero attached hydrogens (tertiary/aromatic N) is 1. The number of nitrogens with one attached hydrogen (secondary N) is 1. The molecule has 3 heterocycles. The predicted molar refractivity (Wildman–Crippen MR) is 307 cm³/mol. The monoisotopic (exact) mass is 936 g/mol. The van der Waals surface area contributed by atoms with Gasteiger partial charge in [0.05, 0.1) is 16.9 Å². The third-order valence-electron chi connectivity index (χ3n) is 16.9. The highest BCUT2D eigenvalue weighted by molar-refractivity contribution is 6.73. The Morgan fingerprint density at radius 3 is 1.88 bits per heavy atom. The molecule has 72 heavy (non-hydrogen) atoms. The van der Waals surface area contributed by atoms with Gasteiger partial charge in [-0.3, -0.25) is 0 Å². The largest absolute Gasteiger partial charge is 0.469 e. The number of furan rings is 1. The first-order valence-corrected chi connectivity index (χ1v) is 26.1. The second-order valence-electron chi connectivity index (χ2n) is 25.3. The number of benzene rings is 8. The van der Waals surface area contributed by atoms with Crippen LogP contribution in [0.4, 0.5) is 11.4 Å². The van der Waals surface area contributed by atoms with Crippen LogP contribution >= 0.6 is 0 Å². The molecule has 3 nitrogen and oxygen atoms in total. The molecular weight excluding hydrogens is 872 g/mol. The molecular formula is C68H64BN2O. The number of hydrogen-bond acceptors (Lipinski definition) is 2. The molecule has 4 heteroatoms. The zero-order valence-electron chi connectivity index (χ0n) is 44.3. The van der Waals surface area contributed by atoms with Gasteiger partial charge in [-0.2, -0.15) is 0 Å². The van der Waals surface area contributed by atoms with Gasteiger partial charge in [0.2, 0.25) is 7.28 Å². The molecule has 0 saturated heterocycles. The van der Waals surface area contributed by atoms with Gasteiger partial charge in [-0.15, -0.1) is 0 Å². The third kappa shape index (κ3) is 6.36. The van der Waals surface area contributed by atoms with Gasteiger partial charge in [-0.25, -0.2) is 0 Å². The molecule has 0 saturated carbocycles. The van der Waals surface area contributed by atoms with Crippen molar-refractivity contribution in [1.29, 1.82) is 0 Å². The van der Waals surface area contributed by atoms with E-state index in [9.17, 15) is 0 Å². The molecule has 1 N–H and O–H groups in total. The summed E-state index contributed by atoms with van der Waals surface area (Å²) in [4.78, 5) is 0. The Morgan fingerprint density at radius 1 is 0.500 bits per heavy atom. The van der Waals surface area contributed by atoms with E-state index in [1.165, 1.54) is 111 Å². The first-order chi connectivity index (χ1) is 34.1. The van der Waals surface area contributed by atoms with Gasteiger partial charge in [0.15, 0.2) is 0 Å². The third-order valence-corrected chi connectivity index (χ3v) is 16.9. The fourth-order valence-corrected chi connectivity index (χ4v) is 12.8. The van der Waals surface area contributed by atoms with E-state index in [2.05, 4.69) is 253 Å². The summed E-state index contributed by atoms with van der Waals surface area (Å²) in [6.07, 6.45) is 0. The number of fused-ring (bicyclic) bond motifs is 14. The number of hydrogen-bond donors (Lipinski definition) is 1. The minimum atomic E-state index is -0.319. The van der Waals surface area contributed by atoms with Crippen molar-refractivity contribution in [3.63, 3.8) is 0 Å². The molecule has 0 fully saturated rings. The van der Waals surface area contributed by atoms with Gasteiger partial charge in [-0.1, -0.05) is 187 Å². The molecule has 3 aliphatic rings. The Labute approximate surface area is 426 Å². The summed E-state index contributed by atoms with van der Waals surface area (Å²) in [6, 6.07) is 55.4. The average Bonchev–Trinajstić information content (AvgIpc) is 4.01. The fourth-order valence-electron chi connectivity index (χ4n) is 12.8. The smallest absolute Gasteiger partial charge is 0.247 e. The van der Waals surface area contributed by atoms with Gasteiger partial charge in [-0.05, 0) is 148 Å². The molecule has 0 bridgehead atoms. The SMILES string of the molecule is CC(C)(C)c1ccc(Nc2cc3c(cc2-c2c4c(c5c6cc(C(C)(C)C)ccc6n6c5c2[B]c2oc5ccc(-c7ccccc7)cc5c2-6)C(C)(C)c2ccccc2-4)-c2ccc(C(C)(C)C)cc2C3(C)C)cc1. The standard InChI is InChI=1S/C68H64BN2O/c1-64(2,3)40-24-28-43(29-25-40)70-53-37-52-46(44-30-26-42(66(7,8)9)35-51(44)67(52,10)11)36-47(53)57-56-45-21-17-18-22-50(45)68(12,13)59(56)58-48-34-41(65(4,5)6)27-31-54(48)71-61-49-33-39(38-19-15-14-16-20-38)23-32-55(49)72-63(61)69-60(57)62(58)71/h14-37,70H,1-13H3. The van der Waals surface area contributed by atoms with Crippen LogP contribution in [0.1, 0.15) is 129 Å². The molecule has 0 amide bonds. The lowest BCUT2D eigenvalue weighted by Crippen LogP contribution is -2.37. The van der Waals surface area contributed by atoms with Crippen LogP contribution in [0.5, 0.6) is 0 Å². The summed E-state index contributed by atoms with van der Waals surface area (Å²) in [5.74, 6) is 0. The van der Waals surface area contributed by atoms with E-state index in [0.717, 1.165) is 33.7 Å². The van der Waals surface area contributed by atoms with Gasteiger partial charge in [0, 0.05) is 49.4 Å². The van der Waals surface area contributed by atoms with Gasteiger partial charge < -0.3 is 14.3 Å². The Bertz CT molecular complexity index is 3950. The number of aromatic nitrogens is 1. The summed E-state index contributed by atoms with van der Waals surface area (Å²) in [7, 11) is 2.40. The molecule has 1 aliphatic heterocycles. The molecule has 8 aromatic carbocycles. The van der Waals surface area contributed by atoms with Crippen LogP contribution in [0.3, 0.4) is 0 Å². The first kappa shape index (κ1) is 44.9. The summed E-state index contributed by atoms with van der Waals surface area (Å²) in [5.41, 5.74) is 27.6. The molecule has 2 aromatic heterocycles. The van der Waals surface area contributed by atoms with Crippen molar-refractivity contribution in [2.45, 2.75) is 117 Å². The topological polar surface area (TPSA) is 30.1 Å². The van der Waals surface area contributed by atoms with E-state index >= 15 is 0 Å². The van der Waals surface area contributed by atoms with E-state index in [4.69, 9.17) is 4.42 Å². The molecule has 10 aromatic rings. The van der Waals surface area contributed by atoms with Crippen LogP contribution in [-0.2, 0) is 27.1 Å². The van der Waals surface area contributed by atoms with Crippen molar-refractivity contribution in [2.75, 3.05) is 5.32 Å². The van der Waals surface area contributed by atoms with Crippen LogP contribution < -0.4 is 16.4 Å². The molecule has 0 unspecified atom stereocenters. The van der Waals surface area contributed by atoms with Crippen molar-refractivity contribution in [3.8, 4) is 50.2 Å². The lowest BCUT2D eigenvalue weighted by atomic mass is 9.60. The Morgan fingerprint density at radius 2 is 1.15 bits per heavy atom. The van der Waals surface area contributed by atoms with Crippen LogP contribution in [-0.4, -0.2) is 11.8 Å². The highest BCUT2D eigenvalue weighted by Gasteiger charge is 2.45. The molecule has 0 spiro atoms. The highest BCUT2D eigenvalue weighted by Crippen LogP contribution is 2.59. The van der Waals surface area contributed by atoms with Crippen LogP contribution in [0.25, 0.3) is 83.0 Å². The summed E-state index contributed by atoms with van der Waals surface area (Å²) in [6.45, 7) is 30.6. The lowest BCUT2D eigenvalue weighted by Gasteiger charge is -2.29. The summed E-state index contributed by atoms with van der Waals surface area (Å²) >= 11 is 0. The number of anilines is 2. The van der Waals surface area contributed by atoms with E-state index in [-0.39, 0.29) is 27.1 Å². The summed E-state index contributed by atoms with van der Waals surface area (Å²) in [5, 5.41) is 7.85. The molecule has 1 radical (unpaired) electrons. The number of rotatable bonds is 4. The quantitative estimate of drug-likeness (QED) is 0.178. The van der Waals surface area contributed by atoms with Gasteiger partial charge in [0.25, 0.3) is 0 Å². The zero-order valence-corrected chi connectivity index (χ0v) is 44.3. The van der Waals surface area contributed by atoms with E-state index in [1.54, 1.807) is 0 Å². The normalized spacial score (nSPS) is 15.1. The molecule has 2 aliphatic carbocycles. The molecule has 0 atom stereocenters. The minimum Gasteiger partial charge on any atom is -0.469 e. The molecule has 13 rings (SSSR count). The van der Waals surface area contributed by atoms with Gasteiger partial charge >= 0.3 is 0 Å². The van der Waals surface area contributed by atoms with Crippen LogP contribution in [0.15, 0.2) is 150 Å². The Hall–Kier alpha value is -7.04. The van der Waals surface area contributed by atoms with Crippen molar-refractivity contribution in [1.82, 2.24) is 4.57 Å². The maximum Gasteiger partial charge on any atom is 0.247 e. The van der Waals surface area contributed by atoms with Crippen molar-refractivity contribution >= 4 is 62.6 Å². The van der Waals surface area contributed by atoms with Crippen molar-refractivity contribution in [2.24, 2.45) is 0 Å². The van der Waals surface area contributed by atoms with Crippen molar-refractivity contribution in [3.05, 3.63) is 185 Å². The van der Waals surface area contributed by atoms with E-state index in [1.807, 2.05) is 0 Å². The van der Waals surface area contributed by atoms with E-state index in [0.29, 0.717) is 0 Å². The van der Waals surface area contributed by atoms with Crippen LogP contribution in [0.2, 0.25) is 0 Å². The maximum atomic E-state index is 7.15. The fraction of sp³-hybridized carbons (Fsp3) is 0.265. The van der Waals surface area contributed by atoms with E-state index < -0.39 is 0 Å². The molecule has 355 valence electrons. The van der Waals surface area contributed by atoms with Crippen LogP contribution in [0, 0.1) is 0 Å². The second-order valence-corrected chi connectivity index (χ2v) is 25.3. The lowest BCUT2D eigenvalue weighted by molar-refractivity contribution is 0.584. The van der Waals surface area contributed by atoms with Gasteiger partial charge in [0.1, 0.15) is 5.58 Å². The maximum absolute atomic E-state index is 7.15. The predicted octanol–water partition coefficient (Wildman–Crippen LogP) is 17.1. The summed E-state index contributed by atoms with van der Waals surface area (Å²) < 4.78 is 9.73. The Balaban J connectivity index is 1.19. The Kier molecular flexibility index (Phi) is 9.21. The average molecular weight is 936 g/mol. The second kappa shape index (κ2) is 14.8. The highest BCUT2D eigenvalue weighted by atomic mass is 16.3.